The molecule has 1 fully saturated rings. The summed E-state index contributed by atoms with van der Waals surface area (Å²) in [5.41, 5.74) is 6.27. The van der Waals surface area contributed by atoms with Gasteiger partial charge < -0.3 is 16.0 Å². The van der Waals surface area contributed by atoms with E-state index >= 15 is 0 Å². The second-order valence-electron chi connectivity index (χ2n) is 5.77. The first-order valence-corrected chi connectivity index (χ1v) is 7.74. The fourth-order valence-corrected chi connectivity index (χ4v) is 2.80. The number of hydrogen-bond acceptors (Lipinski definition) is 3. The van der Waals surface area contributed by atoms with E-state index in [1.807, 2.05) is 6.07 Å². The highest BCUT2D eigenvalue weighted by Gasteiger charge is 2.34. The van der Waals surface area contributed by atoms with Crippen molar-refractivity contribution in [1.82, 2.24) is 10.2 Å². The number of halogens is 1. The molecule has 3 N–H and O–H groups in total. The second-order valence-corrected chi connectivity index (χ2v) is 6.69. The molecule has 0 aliphatic carbocycles. The van der Waals surface area contributed by atoms with Crippen molar-refractivity contribution in [1.29, 1.82) is 0 Å². The fraction of sp³-hybridized carbons (Fsp3) is 0.467. The Hall–Kier alpha value is -1.40. The number of nitrogens with zero attached hydrogens (tertiary/aromatic N) is 1. The maximum Gasteiger partial charge on any atom is 0.251 e. The molecule has 1 atom stereocenters. The zero-order valence-corrected chi connectivity index (χ0v) is 13.6. The van der Waals surface area contributed by atoms with Crippen LogP contribution in [0.1, 0.15) is 23.7 Å². The molecule has 2 rings (SSSR count). The number of carbonyl (C=O) groups excluding carboxylic acids is 2. The van der Waals surface area contributed by atoms with Gasteiger partial charge in [0, 0.05) is 23.1 Å². The molecule has 1 aromatic rings. The van der Waals surface area contributed by atoms with Crippen molar-refractivity contribution in [3.8, 4) is 0 Å². The third-order valence-corrected chi connectivity index (χ3v) is 4.38. The van der Waals surface area contributed by atoms with Gasteiger partial charge in [0.2, 0.25) is 5.91 Å². The molecule has 0 radical (unpaired) electrons. The van der Waals surface area contributed by atoms with Crippen LogP contribution in [0.3, 0.4) is 0 Å². The molecule has 21 heavy (non-hydrogen) atoms. The zero-order chi connectivity index (χ0) is 15.5. The molecule has 0 saturated carbocycles. The van der Waals surface area contributed by atoms with Gasteiger partial charge in [-0.25, -0.2) is 0 Å². The van der Waals surface area contributed by atoms with Crippen LogP contribution in [0.5, 0.6) is 0 Å². The lowest BCUT2D eigenvalue weighted by Gasteiger charge is -2.22. The molecule has 1 aliphatic rings. The lowest BCUT2D eigenvalue weighted by molar-refractivity contribution is -0.129. The molecule has 0 spiro atoms. The molecule has 1 saturated heterocycles. The van der Waals surface area contributed by atoms with E-state index in [0.717, 1.165) is 10.9 Å². The van der Waals surface area contributed by atoms with Crippen LogP contribution in [0.2, 0.25) is 0 Å². The standard InChI is InChI=1S/C15H20BrN3O2/c1-15(9-17)5-6-19(10-15)13(20)8-18-14(21)11-3-2-4-12(16)7-11/h2-4,7H,5-6,8-10,17H2,1H3,(H,18,21). The van der Waals surface area contributed by atoms with Gasteiger partial charge >= 0.3 is 0 Å². The van der Waals surface area contributed by atoms with Crippen LogP contribution in [0.15, 0.2) is 28.7 Å². The van der Waals surface area contributed by atoms with E-state index < -0.39 is 0 Å². The summed E-state index contributed by atoms with van der Waals surface area (Å²) in [6, 6.07) is 7.07. The zero-order valence-electron chi connectivity index (χ0n) is 12.1. The molecule has 1 aliphatic heterocycles. The Kier molecular flexibility index (Phi) is 5.00. The molecule has 0 bridgehead atoms. The average Bonchev–Trinajstić information content (AvgIpc) is 2.88. The Labute approximate surface area is 133 Å². The molecule has 2 amide bonds. The molecule has 5 nitrogen and oxygen atoms in total. The van der Waals surface area contributed by atoms with Gasteiger partial charge in [0.25, 0.3) is 5.91 Å². The minimum Gasteiger partial charge on any atom is -0.343 e. The minimum atomic E-state index is -0.245. The molecule has 0 aromatic heterocycles. The maximum atomic E-state index is 12.1. The normalized spacial score (nSPS) is 21.4. The molecule has 1 unspecified atom stereocenters. The van der Waals surface area contributed by atoms with Crippen molar-refractivity contribution in [3.63, 3.8) is 0 Å². The number of amides is 2. The van der Waals surface area contributed by atoms with Crippen molar-refractivity contribution >= 4 is 27.7 Å². The van der Waals surface area contributed by atoms with Crippen LogP contribution >= 0.6 is 15.9 Å². The summed E-state index contributed by atoms with van der Waals surface area (Å²) in [6.45, 7) is 4.04. The summed E-state index contributed by atoms with van der Waals surface area (Å²) in [6.07, 6.45) is 0.912. The first kappa shape index (κ1) is 16.0. The summed E-state index contributed by atoms with van der Waals surface area (Å²) in [5.74, 6) is -0.305. The number of carbonyl (C=O) groups is 2. The number of benzene rings is 1. The van der Waals surface area contributed by atoms with Gasteiger partial charge in [-0.05, 0) is 36.6 Å². The number of likely N-dealkylation sites (tertiary alicyclic amines) is 1. The predicted octanol–water partition coefficient (Wildman–Crippen LogP) is 1.38. The van der Waals surface area contributed by atoms with Crippen molar-refractivity contribution in [2.24, 2.45) is 11.1 Å². The van der Waals surface area contributed by atoms with Gasteiger partial charge in [0.05, 0.1) is 6.54 Å². The van der Waals surface area contributed by atoms with Crippen LogP contribution in [0.25, 0.3) is 0 Å². The molecule has 1 heterocycles. The molecular formula is C15H20BrN3O2. The molecule has 6 heteroatoms. The van der Waals surface area contributed by atoms with Gasteiger partial charge in [0.1, 0.15) is 0 Å². The summed E-state index contributed by atoms with van der Waals surface area (Å²) in [5, 5.41) is 2.67. The SMILES string of the molecule is CC1(CN)CCN(C(=O)CNC(=O)c2cccc(Br)c2)C1. The van der Waals surface area contributed by atoms with E-state index in [0.29, 0.717) is 25.2 Å². The van der Waals surface area contributed by atoms with Crippen LogP contribution in [0, 0.1) is 5.41 Å². The van der Waals surface area contributed by atoms with Crippen molar-refractivity contribution < 1.29 is 9.59 Å². The van der Waals surface area contributed by atoms with Crippen LogP contribution in [-0.2, 0) is 4.79 Å². The summed E-state index contributed by atoms with van der Waals surface area (Å²) >= 11 is 3.32. The Morgan fingerprint density at radius 2 is 2.24 bits per heavy atom. The lowest BCUT2D eigenvalue weighted by atomic mass is 9.90. The van der Waals surface area contributed by atoms with Crippen molar-refractivity contribution in [2.45, 2.75) is 13.3 Å². The third kappa shape index (κ3) is 4.04. The van der Waals surface area contributed by atoms with Gasteiger partial charge in [-0.3, -0.25) is 9.59 Å². The van der Waals surface area contributed by atoms with E-state index in [1.54, 1.807) is 23.1 Å². The Balaban J connectivity index is 1.86. The predicted molar refractivity (Wildman–Crippen MR) is 84.8 cm³/mol. The minimum absolute atomic E-state index is 0.00393. The highest BCUT2D eigenvalue weighted by atomic mass is 79.9. The first-order valence-electron chi connectivity index (χ1n) is 6.95. The average molecular weight is 354 g/mol. The smallest absolute Gasteiger partial charge is 0.251 e. The van der Waals surface area contributed by atoms with E-state index in [-0.39, 0.29) is 23.8 Å². The summed E-state index contributed by atoms with van der Waals surface area (Å²) in [7, 11) is 0. The van der Waals surface area contributed by atoms with Crippen molar-refractivity contribution in [2.75, 3.05) is 26.2 Å². The van der Waals surface area contributed by atoms with E-state index in [4.69, 9.17) is 5.73 Å². The van der Waals surface area contributed by atoms with E-state index in [1.165, 1.54) is 0 Å². The maximum absolute atomic E-state index is 12.1. The van der Waals surface area contributed by atoms with Crippen LogP contribution < -0.4 is 11.1 Å². The number of hydrogen-bond donors (Lipinski definition) is 2. The first-order chi connectivity index (χ1) is 9.93. The van der Waals surface area contributed by atoms with E-state index in [9.17, 15) is 9.59 Å². The van der Waals surface area contributed by atoms with Crippen LogP contribution in [-0.4, -0.2) is 42.9 Å². The monoisotopic (exact) mass is 353 g/mol. The second kappa shape index (κ2) is 6.58. The largest absolute Gasteiger partial charge is 0.343 e. The Morgan fingerprint density at radius 1 is 1.48 bits per heavy atom. The molecular weight excluding hydrogens is 334 g/mol. The fourth-order valence-electron chi connectivity index (χ4n) is 2.40. The number of rotatable bonds is 4. The highest BCUT2D eigenvalue weighted by Crippen LogP contribution is 2.28. The molecule has 114 valence electrons. The Bertz CT molecular complexity index is 549. The van der Waals surface area contributed by atoms with Gasteiger partial charge in [0.15, 0.2) is 0 Å². The summed E-state index contributed by atoms with van der Waals surface area (Å²) < 4.78 is 0.833. The van der Waals surface area contributed by atoms with Crippen molar-refractivity contribution in [3.05, 3.63) is 34.3 Å². The third-order valence-electron chi connectivity index (χ3n) is 3.89. The quantitative estimate of drug-likeness (QED) is 0.858. The topological polar surface area (TPSA) is 75.4 Å². The highest BCUT2D eigenvalue weighted by molar-refractivity contribution is 9.10. The van der Waals surface area contributed by atoms with E-state index in [2.05, 4.69) is 28.2 Å². The van der Waals surface area contributed by atoms with Gasteiger partial charge in [-0.15, -0.1) is 0 Å². The van der Waals surface area contributed by atoms with Gasteiger partial charge in [-0.1, -0.05) is 28.9 Å². The van der Waals surface area contributed by atoms with Gasteiger partial charge in [-0.2, -0.15) is 0 Å². The lowest BCUT2D eigenvalue weighted by Crippen LogP contribution is -2.40. The number of nitrogens with two attached hydrogens (primary N) is 1. The Morgan fingerprint density at radius 3 is 2.86 bits per heavy atom. The van der Waals surface area contributed by atoms with Crippen LogP contribution in [0.4, 0.5) is 0 Å². The summed E-state index contributed by atoms with van der Waals surface area (Å²) in [4.78, 5) is 25.9. The number of nitrogens with one attached hydrogen (secondary N) is 1. The molecule has 1 aromatic carbocycles.